The number of nitrogens with two attached hydrogens (primary N) is 1. The Hall–Kier alpha value is -1.97. The molecule has 16 heavy (non-hydrogen) atoms. The van der Waals surface area contributed by atoms with Crippen molar-refractivity contribution in [3.63, 3.8) is 0 Å². The predicted octanol–water partition coefficient (Wildman–Crippen LogP) is 2.92. The molecule has 0 atom stereocenters. The van der Waals surface area contributed by atoms with Gasteiger partial charge in [-0.05, 0) is 30.7 Å². The molecule has 0 fully saturated rings. The molecule has 2 nitrogen and oxygen atoms in total. The summed E-state index contributed by atoms with van der Waals surface area (Å²) in [5.41, 5.74) is 6.21. The van der Waals surface area contributed by atoms with E-state index in [4.69, 9.17) is 5.73 Å². The quantitative estimate of drug-likeness (QED) is 0.802. The average Bonchev–Trinajstić information content (AvgIpc) is 2.26. The minimum Gasteiger partial charge on any atom is -0.384 e. The van der Waals surface area contributed by atoms with Crippen molar-refractivity contribution in [2.75, 3.05) is 5.73 Å². The number of benzene rings is 1. The molecule has 0 bridgehead atoms. The second kappa shape index (κ2) is 3.89. The summed E-state index contributed by atoms with van der Waals surface area (Å²) in [6.07, 6.45) is 0. The van der Waals surface area contributed by atoms with Gasteiger partial charge in [-0.3, -0.25) is 0 Å². The molecule has 0 aliphatic carbocycles. The van der Waals surface area contributed by atoms with Crippen molar-refractivity contribution < 1.29 is 8.78 Å². The van der Waals surface area contributed by atoms with Crippen LogP contribution in [0.3, 0.4) is 0 Å². The standard InChI is InChI=1S/C12H10F2N2/c1-7-5-6-8(12(14)11(7)13)9-3-2-4-10(15)16-9/h2-6H,1H3,(H2,15,16). The summed E-state index contributed by atoms with van der Waals surface area (Å²) in [6, 6.07) is 7.83. The third kappa shape index (κ3) is 1.74. The zero-order valence-corrected chi connectivity index (χ0v) is 8.67. The van der Waals surface area contributed by atoms with Gasteiger partial charge >= 0.3 is 0 Å². The van der Waals surface area contributed by atoms with E-state index in [0.29, 0.717) is 5.69 Å². The first kappa shape index (κ1) is 10.5. The molecule has 0 radical (unpaired) electrons. The molecular formula is C12H10F2N2. The van der Waals surface area contributed by atoms with Gasteiger partial charge in [0.25, 0.3) is 0 Å². The van der Waals surface area contributed by atoms with Crippen molar-refractivity contribution in [1.29, 1.82) is 0 Å². The van der Waals surface area contributed by atoms with Crippen LogP contribution >= 0.6 is 0 Å². The number of nitrogen functional groups attached to an aromatic ring is 1. The van der Waals surface area contributed by atoms with Gasteiger partial charge in [-0.2, -0.15) is 0 Å². The molecule has 2 aromatic rings. The summed E-state index contributed by atoms with van der Waals surface area (Å²) >= 11 is 0. The number of hydrogen-bond acceptors (Lipinski definition) is 2. The van der Waals surface area contributed by atoms with Crippen molar-refractivity contribution >= 4 is 5.82 Å². The topological polar surface area (TPSA) is 38.9 Å². The normalized spacial score (nSPS) is 10.4. The van der Waals surface area contributed by atoms with Gasteiger partial charge in [0, 0.05) is 5.56 Å². The van der Waals surface area contributed by atoms with Crippen LogP contribution < -0.4 is 5.73 Å². The predicted molar refractivity (Wildman–Crippen MR) is 58.7 cm³/mol. The van der Waals surface area contributed by atoms with Crippen LogP contribution in [0.15, 0.2) is 30.3 Å². The summed E-state index contributed by atoms with van der Waals surface area (Å²) in [7, 11) is 0. The maximum atomic E-state index is 13.6. The Kier molecular flexibility index (Phi) is 2.56. The van der Waals surface area contributed by atoms with E-state index in [2.05, 4.69) is 4.98 Å². The molecule has 82 valence electrons. The lowest BCUT2D eigenvalue weighted by Crippen LogP contribution is -1.96. The third-order valence-corrected chi connectivity index (χ3v) is 2.32. The van der Waals surface area contributed by atoms with Gasteiger partial charge in [-0.1, -0.05) is 12.1 Å². The summed E-state index contributed by atoms with van der Waals surface area (Å²) in [5, 5.41) is 0. The molecular weight excluding hydrogens is 210 g/mol. The lowest BCUT2D eigenvalue weighted by Gasteiger charge is -2.05. The molecule has 1 heterocycles. The SMILES string of the molecule is Cc1ccc(-c2cccc(N)n2)c(F)c1F. The highest BCUT2D eigenvalue weighted by atomic mass is 19.2. The molecule has 0 aliphatic rings. The summed E-state index contributed by atoms with van der Waals surface area (Å²) < 4.78 is 27.0. The highest BCUT2D eigenvalue weighted by molar-refractivity contribution is 5.62. The van der Waals surface area contributed by atoms with Gasteiger partial charge in [-0.25, -0.2) is 13.8 Å². The lowest BCUT2D eigenvalue weighted by molar-refractivity contribution is 0.505. The van der Waals surface area contributed by atoms with Crippen molar-refractivity contribution in [3.05, 3.63) is 47.5 Å². The zero-order chi connectivity index (χ0) is 11.7. The summed E-state index contributed by atoms with van der Waals surface area (Å²) in [6.45, 7) is 1.51. The Morgan fingerprint density at radius 2 is 1.81 bits per heavy atom. The third-order valence-electron chi connectivity index (χ3n) is 2.32. The Balaban J connectivity index is 2.61. The fourth-order valence-corrected chi connectivity index (χ4v) is 1.45. The van der Waals surface area contributed by atoms with Crippen LogP contribution in [0.25, 0.3) is 11.3 Å². The van der Waals surface area contributed by atoms with E-state index in [9.17, 15) is 8.78 Å². The Morgan fingerprint density at radius 3 is 2.50 bits per heavy atom. The second-order valence-electron chi connectivity index (χ2n) is 3.51. The van der Waals surface area contributed by atoms with Gasteiger partial charge in [0.05, 0.1) is 5.69 Å². The van der Waals surface area contributed by atoms with Gasteiger partial charge < -0.3 is 5.73 Å². The molecule has 0 spiro atoms. The van der Waals surface area contributed by atoms with Crippen molar-refractivity contribution in [3.8, 4) is 11.3 Å². The van der Waals surface area contributed by atoms with E-state index >= 15 is 0 Å². The molecule has 0 saturated carbocycles. The van der Waals surface area contributed by atoms with Crippen LogP contribution in [0.5, 0.6) is 0 Å². The first-order valence-corrected chi connectivity index (χ1v) is 4.77. The molecule has 0 aliphatic heterocycles. The average molecular weight is 220 g/mol. The van der Waals surface area contributed by atoms with E-state index in [0.717, 1.165) is 0 Å². The van der Waals surface area contributed by atoms with Crippen molar-refractivity contribution in [2.24, 2.45) is 0 Å². The second-order valence-corrected chi connectivity index (χ2v) is 3.51. The van der Waals surface area contributed by atoms with Crippen molar-refractivity contribution in [1.82, 2.24) is 4.98 Å². The number of hydrogen-bond donors (Lipinski definition) is 1. The molecule has 1 aromatic carbocycles. The van der Waals surface area contributed by atoms with Gasteiger partial charge in [0.15, 0.2) is 11.6 Å². The van der Waals surface area contributed by atoms with Crippen LogP contribution in [-0.2, 0) is 0 Å². The molecule has 4 heteroatoms. The van der Waals surface area contributed by atoms with Crippen LogP contribution in [0, 0.1) is 18.6 Å². The highest BCUT2D eigenvalue weighted by Crippen LogP contribution is 2.25. The maximum Gasteiger partial charge on any atom is 0.168 e. The fourth-order valence-electron chi connectivity index (χ4n) is 1.45. The smallest absolute Gasteiger partial charge is 0.168 e. The molecule has 2 rings (SSSR count). The number of aromatic nitrogens is 1. The number of pyridine rings is 1. The van der Waals surface area contributed by atoms with Crippen LogP contribution in [-0.4, -0.2) is 4.98 Å². The van der Waals surface area contributed by atoms with E-state index in [-0.39, 0.29) is 16.9 Å². The monoisotopic (exact) mass is 220 g/mol. The Morgan fingerprint density at radius 1 is 1.06 bits per heavy atom. The van der Waals surface area contributed by atoms with Gasteiger partial charge in [-0.15, -0.1) is 0 Å². The first-order valence-electron chi connectivity index (χ1n) is 4.77. The maximum absolute atomic E-state index is 13.6. The first-order chi connectivity index (χ1) is 7.59. The number of aryl methyl sites for hydroxylation is 1. The number of nitrogens with zero attached hydrogens (tertiary/aromatic N) is 1. The molecule has 1 aromatic heterocycles. The lowest BCUT2D eigenvalue weighted by atomic mass is 10.1. The van der Waals surface area contributed by atoms with Gasteiger partial charge in [0.2, 0.25) is 0 Å². The van der Waals surface area contributed by atoms with Crippen molar-refractivity contribution in [2.45, 2.75) is 6.92 Å². The molecule has 0 amide bonds. The summed E-state index contributed by atoms with van der Waals surface area (Å²) in [5.74, 6) is -1.46. The number of halogens is 2. The van der Waals surface area contributed by atoms with E-state index in [1.165, 1.54) is 19.1 Å². The summed E-state index contributed by atoms with van der Waals surface area (Å²) in [4.78, 5) is 3.95. The largest absolute Gasteiger partial charge is 0.384 e. The molecule has 0 saturated heterocycles. The van der Waals surface area contributed by atoms with E-state index in [1.807, 2.05) is 0 Å². The Bertz CT molecular complexity index is 539. The van der Waals surface area contributed by atoms with E-state index < -0.39 is 11.6 Å². The van der Waals surface area contributed by atoms with E-state index in [1.54, 1.807) is 18.2 Å². The zero-order valence-electron chi connectivity index (χ0n) is 8.67. The minimum atomic E-state index is -0.891. The fraction of sp³-hybridized carbons (Fsp3) is 0.0833. The Labute approximate surface area is 91.7 Å². The van der Waals surface area contributed by atoms with Crippen LogP contribution in [0.2, 0.25) is 0 Å². The molecule has 0 unspecified atom stereocenters. The number of rotatable bonds is 1. The van der Waals surface area contributed by atoms with Crippen LogP contribution in [0.4, 0.5) is 14.6 Å². The molecule has 2 N–H and O–H groups in total. The highest BCUT2D eigenvalue weighted by Gasteiger charge is 2.13. The van der Waals surface area contributed by atoms with Gasteiger partial charge in [0.1, 0.15) is 5.82 Å². The minimum absolute atomic E-state index is 0.121. The van der Waals surface area contributed by atoms with Crippen LogP contribution in [0.1, 0.15) is 5.56 Å². The number of anilines is 1.